The molecule has 0 aliphatic heterocycles. The molecule has 46 heavy (non-hydrogen) atoms. The number of nitrogens with zero attached hydrogens (tertiary/aromatic N) is 4. The normalized spacial score (nSPS) is 12.3. The zero-order valence-corrected chi connectivity index (χ0v) is 27.2. The summed E-state index contributed by atoms with van der Waals surface area (Å²) in [5, 5.41) is 26.7. The van der Waals surface area contributed by atoms with Gasteiger partial charge in [0.1, 0.15) is 5.00 Å². The third-order valence-corrected chi connectivity index (χ3v) is 9.75. The van der Waals surface area contributed by atoms with Gasteiger partial charge in [0.15, 0.2) is 11.0 Å². The van der Waals surface area contributed by atoms with E-state index in [1.54, 1.807) is 13.8 Å². The molecule has 4 aromatic rings. The smallest absolute Gasteiger partial charge is 0.341 e. The first kappa shape index (κ1) is 32.8. The van der Waals surface area contributed by atoms with E-state index in [1.165, 1.54) is 41.3 Å². The fourth-order valence-electron chi connectivity index (χ4n) is 5.24. The van der Waals surface area contributed by atoms with Gasteiger partial charge >= 0.3 is 5.97 Å². The number of thiophene rings is 1. The summed E-state index contributed by atoms with van der Waals surface area (Å²) in [6, 6.07) is 14.2. The Morgan fingerprint density at radius 3 is 2.65 bits per heavy atom. The number of hydrogen-bond donors (Lipinski definition) is 2. The van der Waals surface area contributed by atoms with Crippen molar-refractivity contribution >= 4 is 51.6 Å². The Morgan fingerprint density at radius 2 is 1.89 bits per heavy atom. The number of ether oxygens (including phenoxy) is 1. The molecular weight excluding hydrogens is 629 g/mol. The molecule has 0 fully saturated rings. The number of aromatic nitrogens is 3. The van der Waals surface area contributed by atoms with Crippen LogP contribution in [0.3, 0.4) is 0 Å². The van der Waals surface area contributed by atoms with Gasteiger partial charge in [-0.25, -0.2) is 4.79 Å². The lowest BCUT2D eigenvalue weighted by molar-refractivity contribution is -0.385. The van der Waals surface area contributed by atoms with Crippen molar-refractivity contribution in [3.8, 4) is 0 Å². The number of nitro groups is 1. The van der Waals surface area contributed by atoms with E-state index in [1.807, 2.05) is 34.9 Å². The van der Waals surface area contributed by atoms with E-state index in [0.29, 0.717) is 40.1 Å². The van der Waals surface area contributed by atoms with E-state index in [2.05, 4.69) is 20.8 Å². The number of carbonyl (C=O) groups is 3. The Kier molecular flexibility index (Phi) is 10.8. The van der Waals surface area contributed by atoms with Crippen LogP contribution >= 0.6 is 23.1 Å². The predicted octanol–water partition coefficient (Wildman–Crippen LogP) is 5.52. The Morgan fingerprint density at radius 1 is 1.11 bits per heavy atom. The second-order valence-corrected chi connectivity index (χ2v) is 12.7. The first-order valence-corrected chi connectivity index (χ1v) is 16.8. The van der Waals surface area contributed by atoms with Crippen molar-refractivity contribution in [3.63, 3.8) is 0 Å². The van der Waals surface area contributed by atoms with E-state index >= 15 is 0 Å². The number of amides is 2. The highest BCUT2D eigenvalue weighted by molar-refractivity contribution is 7.99. The second-order valence-electron chi connectivity index (χ2n) is 10.7. The van der Waals surface area contributed by atoms with Crippen LogP contribution < -0.4 is 10.6 Å². The van der Waals surface area contributed by atoms with Gasteiger partial charge in [0.25, 0.3) is 11.6 Å². The van der Waals surface area contributed by atoms with Crippen molar-refractivity contribution in [2.75, 3.05) is 17.7 Å². The standard InChI is InChI=1S/C32H34N6O6S2/c1-3-44-31(41)28-23-11-7-8-12-25(23)46-30(28)34-27(39)19-45-32-36-35-26(37(32)16-15-21-9-5-4-6-10-21)18-33-29(40)22-14-13-20(2)24(17-22)38(42)43/h4-6,9-10,13-14,17H,3,7-8,11-12,15-16,18-19H2,1-2H3,(H,33,40)(H,34,39). The molecule has 2 heterocycles. The summed E-state index contributed by atoms with van der Waals surface area (Å²) in [6.45, 7) is 4.14. The average molecular weight is 663 g/mol. The molecule has 2 N–H and O–H groups in total. The third-order valence-electron chi connectivity index (χ3n) is 7.57. The van der Waals surface area contributed by atoms with Gasteiger partial charge in [0, 0.05) is 28.6 Å². The summed E-state index contributed by atoms with van der Waals surface area (Å²) in [6.07, 6.45) is 4.36. The zero-order valence-electron chi connectivity index (χ0n) is 25.5. The van der Waals surface area contributed by atoms with Crippen LogP contribution in [0.1, 0.15) is 67.9 Å². The molecule has 0 saturated heterocycles. The van der Waals surface area contributed by atoms with Crippen molar-refractivity contribution in [3.05, 3.63) is 97.2 Å². The van der Waals surface area contributed by atoms with Gasteiger partial charge in [-0.15, -0.1) is 21.5 Å². The summed E-state index contributed by atoms with van der Waals surface area (Å²) in [5.74, 6) is -0.692. The minimum atomic E-state index is -0.518. The Labute approximate surface area is 274 Å². The molecule has 1 aliphatic carbocycles. The van der Waals surface area contributed by atoms with Crippen LogP contribution in [0.15, 0.2) is 53.7 Å². The summed E-state index contributed by atoms with van der Waals surface area (Å²) >= 11 is 2.64. The maximum absolute atomic E-state index is 13.2. The molecule has 0 bridgehead atoms. The highest BCUT2D eigenvalue weighted by atomic mass is 32.2. The fraction of sp³-hybridized carbons (Fsp3) is 0.344. The fourth-order valence-corrected chi connectivity index (χ4v) is 7.32. The van der Waals surface area contributed by atoms with Crippen molar-refractivity contribution in [2.45, 2.75) is 64.2 Å². The quantitative estimate of drug-likeness (QED) is 0.0814. The lowest BCUT2D eigenvalue weighted by Crippen LogP contribution is -2.25. The third kappa shape index (κ3) is 7.80. The molecule has 2 amide bonds. The van der Waals surface area contributed by atoms with E-state index in [9.17, 15) is 24.5 Å². The van der Waals surface area contributed by atoms with Crippen LogP contribution in [0.5, 0.6) is 0 Å². The van der Waals surface area contributed by atoms with Crippen LogP contribution in [0.25, 0.3) is 0 Å². The van der Waals surface area contributed by atoms with Crippen molar-refractivity contribution in [1.29, 1.82) is 0 Å². The molecule has 0 atom stereocenters. The van der Waals surface area contributed by atoms with Gasteiger partial charge in [-0.1, -0.05) is 48.2 Å². The SMILES string of the molecule is CCOC(=O)c1c(NC(=O)CSc2nnc(CNC(=O)c3ccc(C)c([N+](=O)[O-])c3)n2CCc2ccccc2)sc2c1CCCC2. The highest BCUT2D eigenvalue weighted by Crippen LogP contribution is 2.38. The predicted molar refractivity (Wildman–Crippen MR) is 175 cm³/mol. The van der Waals surface area contributed by atoms with E-state index in [0.717, 1.165) is 41.7 Å². The van der Waals surface area contributed by atoms with Crippen LogP contribution in [-0.2, 0) is 41.9 Å². The van der Waals surface area contributed by atoms with Gasteiger partial charge in [0.2, 0.25) is 5.91 Å². The molecule has 2 aromatic carbocycles. The molecule has 12 nitrogen and oxygen atoms in total. The molecule has 1 aliphatic rings. The first-order valence-electron chi connectivity index (χ1n) is 15.0. The summed E-state index contributed by atoms with van der Waals surface area (Å²) in [4.78, 5) is 50.8. The molecule has 0 saturated carbocycles. The number of aryl methyl sites for hydroxylation is 3. The molecule has 0 unspecified atom stereocenters. The number of nitrogens with one attached hydrogen (secondary N) is 2. The van der Waals surface area contributed by atoms with Gasteiger partial charge in [-0.2, -0.15) is 0 Å². The number of rotatable bonds is 13. The first-order chi connectivity index (χ1) is 22.2. The Hall–Kier alpha value is -4.56. The molecule has 0 spiro atoms. The van der Waals surface area contributed by atoms with Gasteiger partial charge < -0.3 is 19.9 Å². The second kappa shape index (κ2) is 15.1. The number of anilines is 1. The number of benzene rings is 2. The maximum Gasteiger partial charge on any atom is 0.341 e. The maximum atomic E-state index is 13.2. The minimum absolute atomic E-state index is 0.0215. The van der Waals surface area contributed by atoms with Crippen molar-refractivity contribution < 1.29 is 24.0 Å². The molecule has 5 rings (SSSR count). The molecular formula is C32H34N6O6S2. The van der Waals surface area contributed by atoms with E-state index in [4.69, 9.17) is 4.74 Å². The number of fused-ring (bicyclic) bond motifs is 1. The molecule has 2 aromatic heterocycles. The largest absolute Gasteiger partial charge is 0.462 e. The van der Waals surface area contributed by atoms with Gasteiger partial charge in [-0.3, -0.25) is 19.7 Å². The molecule has 240 valence electrons. The average Bonchev–Trinajstić information content (AvgIpc) is 3.62. The van der Waals surface area contributed by atoms with Crippen LogP contribution in [0.4, 0.5) is 10.7 Å². The zero-order chi connectivity index (χ0) is 32.6. The number of esters is 1. The van der Waals surface area contributed by atoms with Gasteiger partial charge in [-0.05, 0) is 63.1 Å². The monoisotopic (exact) mass is 662 g/mol. The van der Waals surface area contributed by atoms with Crippen molar-refractivity contribution in [1.82, 2.24) is 20.1 Å². The van der Waals surface area contributed by atoms with Crippen LogP contribution in [-0.4, -0.2) is 49.8 Å². The lowest BCUT2D eigenvalue weighted by atomic mass is 9.95. The number of thioether (sulfide) groups is 1. The van der Waals surface area contributed by atoms with Crippen LogP contribution in [0, 0.1) is 17.0 Å². The molecule has 0 radical (unpaired) electrons. The summed E-state index contributed by atoms with van der Waals surface area (Å²) in [7, 11) is 0. The van der Waals surface area contributed by atoms with Gasteiger partial charge in [0.05, 0.1) is 29.4 Å². The number of nitro benzene ring substituents is 1. The minimum Gasteiger partial charge on any atom is -0.462 e. The summed E-state index contributed by atoms with van der Waals surface area (Å²) in [5.41, 5.74) is 3.03. The van der Waals surface area contributed by atoms with E-state index in [-0.39, 0.29) is 36.1 Å². The topological polar surface area (TPSA) is 158 Å². The number of hydrogen-bond acceptors (Lipinski definition) is 10. The lowest BCUT2D eigenvalue weighted by Gasteiger charge is -2.12. The molecule has 14 heteroatoms. The summed E-state index contributed by atoms with van der Waals surface area (Å²) < 4.78 is 7.16. The van der Waals surface area contributed by atoms with Crippen molar-refractivity contribution in [2.24, 2.45) is 0 Å². The highest BCUT2D eigenvalue weighted by Gasteiger charge is 2.27. The van der Waals surface area contributed by atoms with E-state index < -0.39 is 16.8 Å². The number of carbonyl (C=O) groups excluding carboxylic acids is 3. The Balaban J connectivity index is 1.30. The Bertz CT molecular complexity index is 1750. The van der Waals surface area contributed by atoms with Crippen LogP contribution in [0.2, 0.25) is 0 Å².